The maximum Gasteiger partial charge on any atom is 0.0796 e. The fraction of sp³-hybridized carbons (Fsp3) is 0.750. The molecule has 0 amide bonds. The Labute approximate surface area is 92.9 Å². The molecular weight excluding hydrogens is 186 g/mol. The van der Waals surface area contributed by atoms with Crippen LogP contribution in [0.15, 0.2) is 12.3 Å². The SMILES string of the molecule is CCNC(c1ccn(C)n1)C(C)C(C)C. The van der Waals surface area contributed by atoms with Crippen LogP contribution in [-0.2, 0) is 7.05 Å². The van der Waals surface area contributed by atoms with Gasteiger partial charge in [0.15, 0.2) is 0 Å². The number of aryl methyl sites for hydroxylation is 1. The highest BCUT2D eigenvalue weighted by atomic mass is 15.3. The van der Waals surface area contributed by atoms with Crippen LogP contribution < -0.4 is 5.32 Å². The predicted octanol–water partition coefficient (Wildman–Crippen LogP) is 2.36. The lowest BCUT2D eigenvalue weighted by Crippen LogP contribution is -2.29. The summed E-state index contributed by atoms with van der Waals surface area (Å²) >= 11 is 0. The van der Waals surface area contributed by atoms with E-state index in [0.29, 0.717) is 17.9 Å². The molecule has 86 valence electrons. The number of nitrogens with one attached hydrogen (secondary N) is 1. The summed E-state index contributed by atoms with van der Waals surface area (Å²) in [4.78, 5) is 0. The van der Waals surface area contributed by atoms with Gasteiger partial charge in [-0.2, -0.15) is 5.10 Å². The quantitative estimate of drug-likeness (QED) is 0.807. The molecule has 0 radical (unpaired) electrons. The Hall–Kier alpha value is -0.830. The number of hydrogen-bond acceptors (Lipinski definition) is 2. The van der Waals surface area contributed by atoms with Crippen LogP contribution in [0.4, 0.5) is 0 Å². The van der Waals surface area contributed by atoms with E-state index in [1.165, 1.54) is 0 Å². The molecule has 0 bridgehead atoms. The minimum Gasteiger partial charge on any atom is -0.309 e. The zero-order valence-corrected chi connectivity index (χ0v) is 10.5. The monoisotopic (exact) mass is 209 g/mol. The summed E-state index contributed by atoms with van der Waals surface area (Å²) in [5.41, 5.74) is 1.15. The van der Waals surface area contributed by atoms with E-state index < -0.39 is 0 Å². The van der Waals surface area contributed by atoms with E-state index in [1.54, 1.807) is 0 Å². The van der Waals surface area contributed by atoms with Crippen molar-refractivity contribution in [3.8, 4) is 0 Å². The van der Waals surface area contributed by atoms with Crippen molar-refractivity contribution < 1.29 is 0 Å². The molecule has 0 fully saturated rings. The summed E-state index contributed by atoms with van der Waals surface area (Å²) in [5, 5.41) is 8.00. The number of hydrogen-bond donors (Lipinski definition) is 1. The van der Waals surface area contributed by atoms with Gasteiger partial charge in [0.25, 0.3) is 0 Å². The number of nitrogens with zero attached hydrogens (tertiary/aromatic N) is 2. The third kappa shape index (κ3) is 3.06. The highest BCUT2D eigenvalue weighted by Gasteiger charge is 2.22. The van der Waals surface area contributed by atoms with Crippen molar-refractivity contribution in [1.82, 2.24) is 15.1 Å². The molecule has 3 heteroatoms. The Bertz CT molecular complexity index is 291. The molecule has 1 aromatic heterocycles. The van der Waals surface area contributed by atoms with Crippen molar-refractivity contribution in [1.29, 1.82) is 0 Å². The minimum absolute atomic E-state index is 0.371. The molecule has 0 spiro atoms. The second-order valence-electron chi connectivity index (χ2n) is 4.55. The summed E-state index contributed by atoms with van der Waals surface area (Å²) in [6, 6.07) is 2.47. The molecule has 0 saturated carbocycles. The lowest BCUT2D eigenvalue weighted by Gasteiger charge is -2.26. The van der Waals surface area contributed by atoms with Crippen LogP contribution in [0.25, 0.3) is 0 Å². The van der Waals surface area contributed by atoms with Crippen LogP contribution >= 0.6 is 0 Å². The maximum atomic E-state index is 4.49. The van der Waals surface area contributed by atoms with Crippen molar-refractivity contribution in [2.45, 2.75) is 33.7 Å². The summed E-state index contributed by atoms with van der Waals surface area (Å²) in [5.74, 6) is 1.26. The second kappa shape index (κ2) is 5.31. The van der Waals surface area contributed by atoms with Crippen molar-refractivity contribution >= 4 is 0 Å². The van der Waals surface area contributed by atoms with E-state index >= 15 is 0 Å². The van der Waals surface area contributed by atoms with Crippen LogP contribution in [0.5, 0.6) is 0 Å². The Balaban J connectivity index is 2.82. The van der Waals surface area contributed by atoms with Gasteiger partial charge in [0, 0.05) is 13.2 Å². The largest absolute Gasteiger partial charge is 0.309 e. The average molecular weight is 209 g/mol. The third-order valence-corrected chi connectivity index (χ3v) is 3.05. The molecule has 3 nitrogen and oxygen atoms in total. The van der Waals surface area contributed by atoms with Gasteiger partial charge in [0.05, 0.1) is 11.7 Å². The highest BCUT2D eigenvalue weighted by molar-refractivity contribution is 5.07. The first-order chi connectivity index (χ1) is 7.06. The molecule has 0 aliphatic rings. The Morgan fingerprint density at radius 2 is 2.07 bits per heavy atom. The van der Waals surface area contributed by atoms with Crippen molar-refractivity contribution in [3.63, 3.8) is 0 Å². The summed E-state index contributed by atoms with van der Waals surface area (Å²) < 4.78 is 1.87. The van der Waals surface area contributed by atoms with Gasteiger partial charge < -0.3 is 5.32 Å². The molecular formula is C12H23N3. The van der Waals surface area contributed by atoms with Gasteiger partial charge in [-0.15, -0.1) is 0 Å². The Kier molecular flexibility index (Phi) is 4.33. The van der Waals surface area contributed by atoms with E-state index in [2.05, 4.69) is 44.2 Å². The van der Waals surface area contributed by atoms with Crippen molar-refractivity contribution in [3.05, 3.63) is 18.0 Å². The standard InChI is InChI=1S/C12H23N3/c1-6-13-12(10(4)9(2)3)11-7-8-15(5)14-11/h7-10,12-13H,6H2,1-5H3. The van der Waals surface area contributed by atoms with Crippen LogP contribution in [0.1, 0.15) is 39.4 Å². The van der Waals surface area contributed by atoms with E-state index in [1.807, 2.05) is 17.9 Å². The van der Waals surface area contributed by atoms with Gasteiger partial charge in [-0.1, -0.05) is 27.7 Å². The summed E-state index contributed by atoms with van der Waals surface area (Å²) in [7, 11) is 1.96. The summed E-state index contributed by atoms with van der Waals surface area (Å²) in [6.07, 6.45) is 2.01. The fourth-order valence-corrected chi connectivity index (χ4v) is 1.76. The van der Waals surface area contributed by atoms with Gasteiger partial charge in [0.1, 0.15) is 0 Å². The third-order valence-electron chi connectivity index (χ3n) is 3.05. The zero-order chi connectivity index (χ0) is 11.4. The minimum atomic E-state index is 0.371. The van der Waals surface area contributed by atoms with Gasteiger partial charge in [0.2, 0.25) is 0 Å². The highest BCUT2D eigenvalue weighted by Crippen LogP contribution is 2.26. The number of rotatable bonds is 5. The molecule has 2 unspecified atom stereocenters. The lowest BCUT2D eigenvalue weighted by atomic mass is 9.88. The van der Waals surface area contributed by atoms with Crippen LogP contribution in [0.3, 0.4) is 0 Å². The van der Waals surface area contributed by atoms with Gasteiger partial charge in [-0.05, 0) is 24.4 Å². The molecule has 1 aromatic rings. The normalized spacial score (nSPS) is 15.6. The van der Waals surface area contributed by atoms with E-state index in [0.717, 1.165) is 12.2 Å². The molecule has 1 heterocycles. The van der Waals surface area contributed by atoms with Crippen LogP contribution in [-0.4, -0.2) is 16.3 Å². The van der Waals surface area contributed by atoms with Gasteiger partial charge >= 0.3 is 0 Å². The molecule has 0 saturated heterocycles. The Morgan fingerprint density at radius 3 is 2.47 bits per heavy atom. The van der Waals surface area contributed by atoms with Crippen molar-refractivity contribution in [2.24, 2.45) is 18.9 Å². The molecule has 0 aromatic carbocycles. The smallest absolute Gasteiger partial charge is 0.0796 e. The topological polar surface area (TPSA) is 29.9 Å². The van der Waals surface area contributed by atoms with Gasteiger partial charge in [-0.3, -0.25) is 4.68 Å². The molecule has 0 aliphatic carbocycles. The first kappa shape index (κ1) is 12.2. The van der Waals surface area contributed by atoms with E-state index in [9.17, 15) is 0 Å². The van der Waals surface area contributed by atoms with E-state index in [4.69, 9.17) is 0 Å². The van der Waals surface area contributed by atoms with Crippen LogP contribution in [0.2, 0.25) is 0 Å². The first-order valence-corrected chi connectivity index (χ1v) is 5.79. The lowest BCUT2D eigenvalue weighted by molar-refractivity contribution is 0.301. The van der Waals surface area contributed by atoms with Crippen molar-refractivity contribution in [2.75, 3.05) is 6.54 Å². The molecule has 2 atom stereocenters. The fourth-order valence-electron chi connectivity index (χ4n) is 1.76. The van der Waals surface area contributed by atoms with E-state index in [-0.39, 0.29) is 0 Å². The molecule has 15 heavy (non-hydrogen) atoms. The van der Waals surface area contributed by atoms with Crippen LogP contribution in [0, 0.1) is 11.8 Å². The zero-order valence-electron chi connectivity index (χ0n) is 10.5. The molecule has 1 N–H and O–H groups in total. The molecule has 1 rings (SSSR count). The predicted molar refractivity (Wildman–Crippen MR) is 63.6 cm³/mol. The second-order valence-corrected chi connectivity index (χ2v) is 4.55. The average Bonchev–Trinajstić information content (AvgIpc) is 2.60. The molecule has 0 aliphatic heterocycles. The van der Waals surface area contributed by atoms with Gasteiger partial charge in [-0.25, -0.2) is 0 Å². The Morgan fingerprint density at radius 1 is 1.40 bits per heavy atom. The maximum absolute atomic E-state index is 4.49. The summed E-state index contributed by atoms with van der Waals surface area (Å²) in [6.45, 7) is 9.93. The first-order valence-electron chi connectivity index (χ1n) is 5.79. The number of aromatic nitrogens is 2.